The number of aromatic nitrogens is 1. The first kappa shape index (κ1) is 23.0. The second-order valence-electron chi connectivity index (χ2n) is 8.20. The van der Waals surface area contributed by atoms with E-state index < -0.39 is 0 Å². The zero-order chi connectivity index (χ0) is 23.2. The van der Waals surface area contributed by atoms with Gasteiger partial charge < -0.3 is 24.4 Å². The number of rotatable bonds is 8. The summed E-state index contributed by atoms with van der Waals surface area (Å²) in [6.45, 7) is 2.82. The van der Waals surface area contributed by atoms with Gasteiger partial charge in [-0.3, -0.25) is 4.98 Å². The summed E-state index contributed by atoms with van der Waals surface area (Å²) in [6, 6.07) is 14.7. The predicted molar refractivity (Wildman–Crippen MR) is 133 cm³/mol. The molecule has 1 fully saturated rings. The largest absolute Gasteiger partial charge is 0.493 e. The molecule has 0 bridgehead atoms. The minimum absolute atomic E-state index is 0.458. The molecule has 7 heteroatoms. The van der Waals surface area contributed by atoms with Gasteiger partial charge in [-0.2, -0.15) is 0 Å². The maximum absolute atomic E-state index is 5.94. The van der Waals surface area contributed by atoms with Gasteiger partial charge in [0.15, 0.2) is 11.5 Å². The van der Waals surface area contributed by atoms with E-state index in [-0.39, 0.29) is 0 Å². The Morgan fingerprint density at radius 2 is 1.58 bits per heavy atom. The van der Waals surface area contributed by atoms with E-state index in [1.165, 1.54) is 5.69 Å². The number of hydrogen-bond donors (Lipinski definition) is 1. The number of ether oxygens (including phenoxy) is 3. The zero-order valence-electron chi connectivity index (χ0n) is 19.5. The van der Waals surface area contributed by atoms with Crippen LogP contribution in [0.25, 0.3) is 11.1 Å². The second kappa shape index (κ2) is 10.6. The first-order valence-electron chi connectivity index (χ1n) is 11.2. The normalized spacial score (nSPS) is 14.0. The van der Waals surface area contributed by atoms with Crippen molar-refractivity contribution in [2.45, 2.75) is 25.4 Å². The van der Waals surface area contributed by atoms with Crippen LogP contribution in [0.15, 0.2) is 54.9 Å². The third-order valence-corrected chi connectivity index (χ3v) is 6.12. The van der Waals surface area contributed by atoms with Crippen molar-refractivity contribution in [3.63, 3.8) is 0 Å². The Kier molecular flexibility index (Phi) is 7.40. The highest BCUT2D eigenvalue weighted by molar-refractivity contribution is 6.32. The van der Waals surface area contributed by atoms with E-state index in [2.05, 4.69) is 33.4 Å². The molecule has 1 N–H and O–H groups in total. The standard InChI is InChI=1S/C26H30BN3O3/c1-31-24-13-19(14-25(32-2)26(24)33-3)20-12-18(15-29-16-20)17-30(23-8-10-28-11-9-23)22-6-4-21(27)5-7-22/h4-7,12-16,23,28H,8-11,17H2,1-3H3. The summed E-state index contributed by atoms with van der Waals surface area (Å²) in [6.07, 6.45) is 6.00. The van der Waals surface area contributed by atoms with E-state index in [0.29, 0.717) is 23.3 Å². The molecular formula is C26H30BN3O3. The lowest BCUT2D eigenvalue weighted by Gasteiger charge is -2.36. The molecule has 0 amide bonds. The molecule has 2 aromatic carbocycles. The van der Waals surface area contributed by atoms with Crippen LogP contribution < -0.4 is 29.9 Å². The Hall–Kier alpha value is -3.19. The summed E-state index contributed by atoms with van der Waals surface area (Å²) in [5.74, 6) is 1.82. The molecule has 170 valence electrons. The Labute approximate surface area is 197 Å². The van der Waals surface area contributed by atoms with Crippen molar-refractivity contribution in [2.24, 2.45) is 0 Å². The first-order valence-corrected chi connectivity index (χ1v) is 11.2. The van der Waals surface area contributed by atoms with Gasteiger partial charge in [0.05, 0.1) is 21.3 Å². The van der Waals surface area contributed by atoms with Crippen LogP contribution >= 0.6 is 0 Å². The third kappa shape index (κ3) is 5.25. The molecule has 2 heterocycles. The summed E-state index contributed by atoms with van der Waals surface area (Å²) in [7, 11) is 10.8. The van der Waals surface area contributed by atoms with Crippen LogP contribution in [0.1, 0.15) is 18.4 Å². The van der Waals surface area contributed by atoms with Gasteiger partial charge in [0, 0.05) is 36.2 Å². The molecule has 1 saturated heterocycles. The average molecular weight is 443 g/mol. The lowest BCUT2D eigenvalue weighted by molar-refractivity contribution is 0.324. The fourth-order valence-corrected chi connectivity index (χ4v) is 4.39. The van der Waals surface area contributed by atoms with Crippen LogP contribution in [0.5, 0.6) is 17.2 Å². The number of nitrogens with zero attached hydrogens (tertiary/aromatic N) is 2. The van der Waals surface area contributed by atoms with Crippen molar-refractivity contribution in [2.75, 3.05) is 39.3 Å². The number of pyridine rings is 1. The van der Waals surface area contributed by atoms with Crippen molar-refractivity contribution >= 4 is 19.0 Å². The van der Waals surface area contributed by atoms with Crippen LogP contribution in [-0.4, -0.2) is 53.3 Å². The fourth-order valence-electron chi connectivity index (χ4n) is 4.39. The molecule has 4 rings (SSSR count). The average Bonchev–Trinajstić information content (AvgIpc) is 2.87. The van der Waals surface area contributed by atoms with Gasteiger partial charge in [-0.15, -0.1) is 0 Å². The number of hydrogen-bond acceptors (Lipinski definition) is 6. The Balaban J connectivity index is 1.66. The highest BCUT2D eigenvalue weighted by Crippen LogP contribution is 2.41. The summed E-state index contributed by atoms with van der Waals surface area (Å²) >= 11 is 0. The molecule has 0 spiro atoms. The Bertz CT molecular complexity index is 1040. The molecule has 33 heavy (non-hydrogen) atoms. The molecule has 0 atom stereocenters. The summed E-state index contributed by atoms with van der Waals surface area (Å²) in [5.41, 5.74) is 5.04. The minimum atomic E-state index is 0.458. The van der Waals surface area contributed by atoms with E-state index in [9.17, 15) is 0 Å². The van der Waals surface area contributed by atoms with Gasteiger partial charge in [0.2, 0.25) is 5.75 Å². The van der Waals surface area contributed by atoms with Crippen LogP contribution in [-0.2, 0) is 6.54 Å². The first-order chi connectivity index (χ1) is 16.1. The van der Waals surface area contributed by atoms with E-state index in [0.717, 1.165) is 54.6 Å². The summed E-state index contributed by atoms with van der Waals surface area (Å²) < 4.78 is 16.5. The molecule has 6 nitrogen and oxygen atoms in total. The highest BCUT2D eigenvalue weighted by Gasteiger charge is 2.22. The van der Waals surface area contributed by atoms with E-state index >= 15 is 0 Å². The van der Waals surface area contributed by atoms with Gasteiger partial charge in [-0.05, 0) is 67.4 Å². The molecule has 2 radical (unpaired) electrons. The fraction of sp³-hybridized carbons (Fsp3) is 0.346. The Morgan fingerprint density at radius 1 is 0.909 bits per heavy atom. The summed E-state index contributed by atoms with van der Waals surface area (Å²) in [4.78, 5) is 7.02. The van der Waals surface area contributed by atoms with Crippen molar-refractivity contribution in [1.29, 1.82) is 0 Å². The van der Waals surface area contributed by atoms with Crippen molar-refractivity contribution < 1.29 is 14.2 Å². The van der Waals surface area contributed by atoms with Gasteiger partial charge in [-0.1, -0.05) is 17.6 Å². The van der Waals surface area contributed by atoms with Crippen LogP contribution in [0.2, 0.25) is 0 Å². The van der Waals surface area contributed by atoms with E-state index in [1.807, 2.05) is 36.7 Å². The number of piperidine rings is 1. The number of benzene rings is 2. The molecule has 3 aromatic rings. The quantitative estimate of drug-likeness (QED) is 0.540. The van der Waals surface area contributed by atoms with E-state index in [4.69, 9.17) is 22.1 Å². The van der Waals surface area contributed by atoms with Gasteiger partial charge in [0.25, 0.3) is 0 Å². The molecule has 0 saturated carbocycles. The molecular weight excluding hydrogens is 413 g/mol. The summed E-state index contributed by atoms with van der Waals surface area (Å²) in [5, 5.41) is 3.46. The monoisotopic (exact) mass is 443 g/mol. The van der Waals surface area contributed by atoms with Crippen molar-refractivity contribution in [3.05, 3.63) is 60.4 Å². The topological polar surface area (TPSA) is 55.9 Å². The lowest BCUT2D eigenvalue weighted by atomic mass is 9.95. The second-order valence-corrected chi connectivity index (χ2v) is 8.20. The van der Waals surface area contributed by atoms with E-state index in [1.54, 1.807) is 21.3 Å². The number of methoxy groups -OCH3 is 3. The van der Waals surface area contributed by atoms with Crippen LogP contribution in [0.3, 0.4) is 0 Å². The molecule has 0 aliphatic carbocycles. The maximum Gasteiger partial charge on any atom is 0.203 e. The van der Waals surface area contributed by atoms with Gasteiger partial charge >= 0.3 is 0 Å². The predicted octanol–water partition coefficient (Wildman–Crippen LogP) is 3.33. The smallest absolute Gasteiger partial charge is 0.203 e. The lowest BCUT2D eigenvalue weighted by Crippen LogP contribution is -2.43. The number of nitrogens with one attached hydrogen (secondary N) is 1. The molecule has 0 unspecified atom stereocenters. The SMILES string of the molecule is [B]c1ccc(N(Cc2cncc(-c3cc(OC)c(OC)c(OC)c3)c2)C2CCNCC2)cc1. The molecule has 1 aliphatic heterocycles. The highest BCUT2D eigenvalue weighted by atomic mass is 16.5. The minimum Gasteiger partial charge on any atom is -0.493 e. The van der Waals surface area contributed by atoms with Crippen molar-refractivity contribution in [3.8, 4) is 28.4 Å². The van der Waals surface area contributed by atoms with Gasteiger partial charge in [-0.25, -0.2) is 0 Å². The molecule has 1 aromatic heterocycles. The molecule has 1 aliphatic rings. The zero-order valence-corrected chi connectivity index (χ0v) is 19.5. The third-order valence-electron chi connectivity index (χ3n) is 6.12. The van der Waals surface area contributed by atoms with Crippen LogP contribution in [0.4, 0.5) is 5.69 Å². The maximum atomic E-state index is 5.94. The van der Waals surface area contributed by atoms with Crippen LogP contribution in [0, 0.1) is 0 Å². The Morgan fingerprint density at radius 3 is 2.18 bits per heavy atom. The van der Waals surface area contributed by atoms with Gasteiger partial charge in [0.1, 0.15) is 7.85 Å². The van der Waals surface area contributed by atoms with Crippen molar-refractivity contribution in [1.82, 2.24) is 10.3 Å². The number of anilines is 1.